The molecule has 2 atom stereocenters. The maximum Gasteiger partial charge on any atom is 0.239 e. The Bertz CT molecular complexity index is 365. The van der Waals surface area contributed by atoms with E-state index in [0.29, 0.717) is 11.8 Å². The molecule has 2 N–H and O–H groups in total. The van der Waals surface area contributed by atoms with Crippen LogP contribution in [0.25, 0.3) is 0 Å². The van der Waals surface area contributed by atoms with Crippen molar-refractivity contribution in [2.75, 3.05) is 26.2 Å². The van der Waals surface area contributed by atoms with Gasteiger partial charge in [0.2, 0.25) is 11.8 Å². The third-order valence-electron chi connectivity index (χ3n) is 4.95. The van der Waals surface area contributed by atoms with Crippen molar-refractivity contribution in [3.05, 3.63) is 0 Å². The smallest absolute Gasteiger partial charge is 0.239 e. The highest BCUT2D eigenvalue weighted by Gasteiger charge is 2.31. The van der Waals surface area contributed by atoms with Gasteiger partial charge in [0.25, 0.3) is 0 Å². The van der Waals surface area contributed by atoms with Crippen molar-refractivity contribution in [2.24, 2.45) is 11.8 Å². The molecule has 0 aromatic rings. The maximum atomic E-state index is 12.6. The van der Waals surface area contributed by atoms with Gasteiger partial charge in [-0.15, -0.1) is 0 Å². The monoisotopic (exact) mass is 295 g/mol. The van der Waals surface area contributed by atoms with Crippen LogP contribution < -0.4 is 10.6 Å². The van der Waals surface area contributed by atoms with E-state index in [1.807, 2.05) is 4.90 Å². The summed E-state index contributed by atoms with van der Waals surface area (Å²) in [4.78, 5) is 25.5. The van der Waals surface area contributed by atoms with E-state index in [4.69, 9.17) is 0 Å². The number of rotatable bonds is 4. The second-order valence-corrected chi connectivity index (χ2v) is 6.51. The van der Waals surface area contributed by atoms with Crippen LogP contribution in [0, 0.1) is 11.8 Å². The molecule has 0 spiro atoms. The molecule has 2 rings (SSSR count). The molecule has 0 aromatic heterocycles. The molecule has 2 unspecified atom stereocenters. The minimum absolute atomic E-state index is 0.0237. The first-order valence-electron chi connectivity index (χ1n) is 8.36. The molecule has 5 nitrogen and oxygen atoms in total. The van der Waals surface area contributed by atoms with Crippen LogP contribution in [0.3, 0.4) is 0 Å². The van der Waals surface area contributed by atoms with Crippen LogP contribution in [0.15, 0.2) is 0 Å². The number of carbonyl (C=O) groups excluding carboxylic acids is 2. The molecule has 2 heterocycles. The Morgan fingerprint density at radius 1 is 1.19 bits per heavy atom. The molecule has 2 aliphatic rings. The molecular formula is C16H29N3O2. The molecule has 21 heavy (non-hydrogen) atoms. The third-order valence-corrected chi connectivity index (χ3v) is 4.95. The summed E-state index contributed by atoms with van der Waals surface area (Å²) >= 11 is 0. The standard InChI is InChI=1S/C16H29N3O2/c1-3-13-4-7-17-15(10-13)16(21)19-8-5-14(6-9-19)11-18-12(2)20/h13-15,17H,3-11H2,1-2H3,(H,18,20). The van der Waals surface area contributed by atoms with Crippen molar-refractivity contribution in [1.29, 1.82) is 0 Å². The van der Waals surface area contributed by atoms with E-state index in [-0.39, 0.29) is 17.9 Å². The van der Waals surface area contributed by atoms with E-state index in [2.05, 4.69) is 17.6 Å². The van der Waals surface area contributed by atoms with E-state index in [1.54, 1.807) is 6.92 Å². The Morgan fingerprint density at radius 2 is 1.90 bits per heavy atom. The van der Waals surface area contributed by atoms with Gasteiger partial charge in [0.1, 0.15) is 0 Å². The van der Waals surface area contributed by atoms with Gasteiger partial charge in [0.05, 0.1) is 6.04 Å². The van der Waals surface area contributed by atoms with Crippen molar-refractivity contribution in [2.45, 2.75) is 52.0 Å². The van der Waals surface area contributed by atoms with Crippen molar-refractivity contribution in [3.63, 3.8) is 0 Å². The molecule has 0 radical (unpaired) electrons. The number of amides is 2. The fourth-order valence-electron chi connectivity index (χ4n) is 3.42. The van der Waals surface area contributed by atoms with Crippen molar-refractivity contribution in [1.82, 2.24) is 15.5 Å². The summed E-state index contributed by atoms with van der Waals surface area (Å²) in [5, 5.41) is 6.26. The first kappa shape index (κ1) is 16.3. The van der Waals surface area contributed by atoms with Gasteiger partial charge in [-0.05, 0) is 44.1 Å². The van der Waals surface area contributed by atoms with Crippen LogP contribution in [0.1, 0.15) is 46.0 Å². The normalized spacial score (nSPS) is 27.4. The number of hydrogen-bond acceptors (Lipinski definition) is 3. The molecule has 2 aliphatic heterocycles. The number of carbonyl (C=O) groups is 2. The highest BCUT2D eigenvalue weighted by atomic mass is 16.2. The highest BCUT2D eigenvalue weighted by molar-refractivity contribution is 5.82. The Labute approximate surface area is 127 Å². The summed E-state index contributed by atoms with van der Waals surface area (Å²) in [5.41, 5.74) is 0. The number of likely N-dealkylation sites (tertiary alicyclic amines) is 1. The number of nitrogens with one attached hydrogen (secondary N) is 2. The van der Waals surface area contributed by atoms with Crippen LogP contribution in [0.4, 0.5) is 0 Å². The van der Waals surface area contributed by atoms with Gasteiger partial charge in [0, 0.05) is 26.6 Å². The summed E-state index contributed by atoms with van der Waals surface area (Å²) in [5.74, 6) is 1.52. The molecular weight excluding hydrogens is 266 g/mol. The van der Waals surface area contributed by atoms with Gasteiger partial charge in [-0.25, -0.2) is 0 Å². The minimum Gasteiger partial charge on any atom is -0.356 e. The Morgan fingerprint density at radius 3 is 2.52 bits per heavy atom. The molecule has 0 aromatic carbocycles. The van der Waals surface area contributed by atoms with Gasteiger partial charge in [0.15, 0.2) is 0 Å². The summed E-state index contributed by atoms with van der Waals surface area (Å²) in [6.07, 6.45) is 5.34. The average molecular weight is 295 g/mol. The topological polar surface area (TPSA) is 61.4 Å². The lowest BCUT2D eigenvalue weighted by molar-refractivity contribution is -0.136. The van der Waals surface area contributed by atoms with Gasteiger partial charge in [-0.2, -0.15) is 0 Å². The lowest BCUT2D eigenvalue weighted by Gasteiger charge is -2.37. The average Bonchev–Trinajstić information content (AvgIpc) is 2.52. The van der Waals surface area contributed by atoms with E-state index in [0.717, 1.165) is 45.4 Å². The molecule has 0 saturated carbocycles. The number of piperidine rings is 2. The van der Waals surface area contributed by atoms with E-state index in [1.165, 1.54) is 12.8 Å². The van der Waals surface area contributed by atoms with Crippen LogP contribution >= 0.6 is 0 Å². The first-order chi connectivity index (χ1) is 10.1. The van der Waals surface area contributed by atoms with Gasteiger partial charge < -0.3 is 15.5 Å². The SMILES string of the molecule is CCC1CCNC(C(=O)N2CCC(CNC(C)=O)CC2)C1. The summed E-state index contributed by atoms with van der Waals surface area (Å²) in [6, 6.07) is 0.0237. The quantitative estimate of drug-likeness (QED) is 0.817. The third kappa shape index (κ3) is 4.70. The number of hydrogen-bond donors (Lipinski definition) is 2. The molecule has 5 heteroatoms. The summed E-state index contributed by atoms with van der Waals surface area (Å²) < 4.78 is 0. The Kier molecular flexibility index (Phi) is 6.03. The van der Waals surface area contributed by atoms with Crippen LogP contribution in [-0.4, -0.2) is 48.9 Å². The zero-order chi connectivity index (χ0) is 15.2. The second-order valence-electron chi connectivity index (χ2n) is 6.51. The van der Waals surface area contributed by atoms with Crippen molar-refractivity contribution < 1.29 is 9.59 Å². The van der Waals surface area contributed by atoms with Gasteiger partial charge in [-0.1, -0.05) is 13.3 Å². The van der Waals surface area contributed by atoms with Gasteiger partial charge in [-0.3, -0.25) is 9.59 Å². The molecule has 120 valence electrons. The van der Waals surface area contributed by atoms with Crippen LogP contribution in [-0.2, 0) is 9.59 Å². The van der Waals surface area contributed by atoms with E-state index < -0.39 is 0 Å². The van der Waals surface area contributed by atoms with Gasteiger partial charge >= 0.3 is 0 Å². The van der Waals surface area contributed by atoms with Crippen LogP contribution in [0.5, 0.6) is 0 Å². The predicted octanol–water partition coefficient (Wildman–Crippen LogP) is 1.14. The Hall–Kier alpha value is -1.10. The second kappa shape index (κ2) is 7.78. The van der Waals surface area contributed by atoms with E-state index >= 15 is 0 Å². The summed E-state index contributed by atoms with van der Waals surface area (Å²) in [6.45, 7) is 7.14. The predicted molar refractivity (Wildman–Crippen MR) is 82.8 cm³/mol. The lowest BCUT2D eigenvalue weighted by atomic mass is 9.89. The van der Waals surface area contributed by atoms with E-state index in [9.17, 15) is 9.59 Å². The van der Waals surface area contributed by atoms with Crippen molar-refractivity contribution >= 4 is 11.8 Å². The van der Waals surface area contributed by atoms with Crippen LogP contribution in [0.2, 0.25) is 0 Å². The lowest BCUT2D eigenvalue weighted by Crippen LogP contribution is -2.52. The Balaban J connectivity index is 1.76. The molecule has 2 saturated heterocycles. The first-order valence-corrected chi connectivity index (χ1v) is 8.36. The fraction of sp³-hybridized carbons (Fsp3) is 0.875. The largest absolute Gasteiger partial charge is 0.356 e. The maximum absolute atomic E-state index is 12.6. The molecule has 2 fully saturated rings. The fourth-order valence-corrected chi connectivity index (χ4v) is 3.42. The number of nitrogens with zero attached hydrogens (tertiary/aromatic N) is 1. The molecule has 0 aliphatic carbocycles. The minimum atomic E-state index is 0.0237. The van der Waals surface area contributed by atoms with Crippen molar-refractivity contribution in [3.8, 4) is 0 Å². The zero-order valence-corrected chi connectivity index (χ0v) is 13.4. The molecule has 2 amide bonds. The molecule has 0 bridgehead atoms. The zero-order valence-electron chi connectivity index (χ0n) is 13.4. The summed E-state index contributed by atoms with van der Waals surface area (Å²) in [7, 11) is 0. The highest BCUT2D eigenvalue weighted by Crippen LogP contribution is 2.23.